The average Bonchev–Trinajstić information content (AvgIpc) is 2.46. The highest BCUT2D eigenvalue weighted by molar-refractivity contribution is 8.00. The molecule has 21 heavy (non-hydrogen) atoms. The lowest BCUT2D eigenvalue weighted by atomic mass is 9.83. The van der Waals surface area contributed by atoms with E-state index in [2.05, 4.69) is 25.2 Å². The molecule has 4 heteroatoms. The largest absolute Gasteiger partial charge is 0.313 e. The first kappa shape index (κ1) is 17.5. The van der Waals surface area contributed by atoms with Crippen LogP contribution in [0.1, 0.15) is 46.0 Å². The molecular formula is C17H25Cl2NS. The summed E-state index contributed by atoms with van der Waals surface area (Å²) in [5.74, 6) is 0.880. The molecule has 0 saturated heterocycles. The SMILES string of the molecule is CCCC1CCC(NCC)C(Sc2ccc(Cl)c(Cl)c2)C1. The second kappa shape index (κ2) is 8.67. The Labute approximate surface area is 143 Å². The summed E-state index contributed by atoms with van der Waals surface area (Å²) in [6.07, 6.45) is 6.61. The summed E-state index contributed by atoms with van der Waals surface area (Å²) in [5.41, 5.74) is 0. The fraction of sp³-hybridized carbons (Fsp3) is 0.647. The Kier molecular flexibility index (Phi) is 7.21. The van der Waals surface area contributed by atoms with Gasteiger partial charge >= 0.3 is 0 Å². The maximum absolute atomic E-state index is 6.15. The Bertz CT molecular complexity index is 452. The molecule has 1 aromatic rings. The van der Waals surface area contributed by atoms with Crippen LogP contribution in [-0.4, -0.2) is 17.8 Å². The van der Waals surface area contributed by atoms with Gasteiger partial charge in [0.2, 0.25) is 0 Å². The number of thioether (sulfide) groups is 1. The van der Waals surface area contributed by atoms with Crippen molar-refractivity contribution in [3.63, 3.8) is 0 Å². The highest BCUT2D eigenvalue weighted by atomic mass is 35.5. The highest BCUT2D eigenvalue weighted by Crippen LogP contribution is 2.39. The second-order valence-corrected chi connectivity index (χ2v) is 7.99. The van der Waals surface area contributed by atoms with Crippen molar-refractivity contribution >= 4 is 35.0 Å². The van der Waals surface area contributed by atoms with Crippen LogP contribution < -0.4 is 5.32 Å². The predicted octanol–water partition coefficient (Wildman–Crippen LogP) is 6.03. The number of benzene rings is 1. The minimum atomic E-state index is 0.613. The van der Waals surface area contributed by atoms with E-state index in [1.54, 1.807) is 0 Å². The predicted molar refractivity (Wildman–Crippen MR) is 95.8 cm³/mol. The van der Waals surface area contributed by atoms with Crippen molar-refractivity contribution in [2.45, 2.75) is 62.1 Å². The van der Waals surface area contributed by atoms with Gasteiger partial charge in [-0.2, -0.15) is 0 Å². The van der Waals surface area contributed by atoms with Crippen molar-refractivity contribution in [2.75, 3.05) is 6.54 Å². The molecule has 0 aliphatic heterocycles. The molecule has 0 bridgehead atoms. The minimum Gasteiger partial charge on any atom is -0.313 e. The number of hydrogen-bond donors (Lipinski definition) is 1. The van der Waals surface area contributed by atoms with E-state index in [1.165, 1.54) is 37.0 Å². The summed E-state index contributed by atoms with van der Waals surface area (Å²) in [6.45, 7) is 5.53. The third kappa shape index (κ3) is 5.06. The molecule has 0 radical (unpaired) electrons. The summed E-state index contributed by atoms with van der Waals surface area (Å²) < 4.78 is 0. The molecular weight excluding hydrogens is 321 g/mol. The summed E-state index contributed by atoms with van der Waals surface area (Å²) in [7, 11) is 0. The van der Waals surface area contributed by atoms with Gasteiger partial charge in [0, 0.05) is 16.2 Å². The molecule has 0 aromatic heterocycles. The van der Waals surface area contributed by atoms with E-state index >= 15 is 0 Å². The summed E-state index contributed by atoms with van der Waals surface area (Å²) in [4.78, 5) is 1.23. The fourth-order valence-electron chi connectivity index (χ4n) is 3.23. The van der Waals surface area contributed by atoms with Crippen molar-refractivity contribution in [1.82, 2.24) is 5.32 Å². The molecule has 1 N–H and O–H groups in total. The molecule has 1 aliphatic carbocycles. The third-order valence-corrected chi connectivity index (χ3v) is 6.33. The fourth-order valence-corrected chi connectivity index (χ4v) is 5.04. The number of rotatable bonds is 6. The molecule has 2 rings (SSSR count). The van der Waals surface area contributed by atoms with Crippen LogP contribution in [0.25, 0.3) is 0 Å². The van der Waals surface area contributed by atoms with Gasteiger partial charge in [0.05, 0.1) is 10.0 Å². The Morgan fingerprint density at radius 1 is 1.19 bits per heavy atom. The zero-order valence-corrected chi connectivity index (χ0v) is 15.2. The number of halogens is 2. The van der Waals surface area contributed by atoms with Crippen LogP contribution in [0.15, 0.2) is 23.1 Å². The Morgan fingerprint density at radius 3 is 2.67 bits per heavy atom. The molecule has 1 fully saturated rings. The number of nitrogens with one attached hydrogen (secondary N) is 1. The Hall–Kier alpha value is 0.110. The molecule has 0 spiro atoms. The van der Waals surface area contributed by atoms with E-state index in [9.17, 15) is 0 Å². The lowest BCUT2D eigenvalue weighted by molar-refractivity contribution is 0.289. The molecule has 1 saturated carbocycles. The van der Waals surface area contributed by atoms with Gasteiger partial charge in [0.25, 0.3) is 0 Å². The first-order valence-corrected chi connectivity index (χ1v) is 9.62. The van der Waals surface area contributed by atoms with Crippen LogP contribution >= 0.6 is 35.0 Å². The van der Waals surface area contributed by atoms with Crippen molar-refractivity contribution in [1.29, 1.82) is 0 Å². The lowest BCUT2D eigenvalue weighted by Crippen LogP contribution is -2.42. The van der Waals surface area contributed by atoms with E-state index in [0.717, 1.165) is 12.5 Å². The molecule has 1 aromatic carbocycles. The van der Waals surface area contributed by atoms with Gasteiger partial charge in [0.1, 0.15) is 0 Å². The maximum Gasteiger partial charge on any atom is 0.0603 e. The Balaban J connectivity index is 2.05. The van der Waals surface area contributed by atoms with Crippen LogP contribution in [0.3, 0.4) is 0 Å². The van der Waals surface area contributed by atoms with Gasteiger partial charge in [-0.15, -0.1) is 11.8 Å². The maximum atomic E-state index is 6.15. The average molecular weight is 346 g/mol. The summed E-state index contributed by atoms with van der Waals surface area (Å²) in [5, 5.41) is 5.59. The summed E-state index contributed by atoms with van der Waals surface area (Å²) >= 11 is 14.1. The Morgan fingerprint density at radius 2 is 2.00 bits per heavy atom. The van der Waals surface area contributed by atoms with Crippen molar-refractivity contribution in [3.8, 4) is 0 Å². The smallest absolute Gasteiger partial charge is 0.0603 e. The minimum absolute atomic E-state index is 0.613. The van der Waals surface area contributed by atoms with Gasteiger partial charge in [-0.05, 0) is 49.9 Å². The van der Waals surface area contributed by atoms with Gasteiger partial charge in [-0.3, -0.25) is 0 Å². The standard InChI is InChI=1S/C17H25Cl2NS/c1-3-5-12-6-9-16(20-4-2)17(10-12)21-13-7-8-14(18)15(19)11-13/h7-8,11-12,16-17,20H,3-6,9-10H2,1-2H3. The first-order valence-electron chi connectivity index (χ1n) is 7.99. The van der Waals surface area contributed by atoms with Crippen LogP contribution in [0.2, 0.25) is 10.0 Å². The molecule has 3 unspecified atom stereocenters. The monoisotopic (exact) mass is 345 g/mol. The van der Waals surface area contributed by atoms with Gasteiger partial charge < -0.3 is 5.32 Å². The number of hydrogen-bond acceptors (Lipinski definition) is 2. The van der Waals surface area contributed by atoms with Crippen LogP contribution in [0.5, 0.6) is 0 Å². The quantitative estimate of drug-likeness (QED) is 0.675. The molecule has 1 nitrogen and oxygen atoms in total. The van der Waals surface area contributed by atoms with Crippen LogP contribution in [0.4, 0.5) is 0 Å². The van der Waals surface area contributed by atoms with E-state index in [0.29, 0.717) is 21.3 Å². The topological polar surface area (TPSA) is 12.0 Å². The van der Waals surface area contributed by atoms with E-state index in [1.807, 2.05) is 23.9 Å². The molecule has 0 amide bonds. The van der Waals surface area contributed by atoms with Crippen molar-refractivity contribution in [3.05, 3.63) is 28.2 Å². The second-order valence-electron chi connectivity index (χ2n) is 5.86. The third-order valence-electron chi connectivity index (χ3n) is 4.24. The van der Waals surface area contributed by atoms with Gasteiger partial charge in [-0.1, -0.05) is 49.9 Å². The summed E-state index contributed by atoms with van der Waals surface area (Å²) in [6, 6.07) is 6.61. The highest BCUT2D eigenvalue weighted by Gasteiger charge is 2.30. The zero-order valence-electron chi connectivity index (χ0n) is 12.9. The lowest BCUT2D eigenvalue weighted by Gasteiger charge is -2.36. The van der Waals surface area contributed by atoms with Crippen LogP contribution in [0, 0.1) is 5.92 Å². The van der Waals surface area contributed by atoms with Crippen LogP contribution in [-0.2, 0) is 0 Å². The molecule has 118 valence electrons. The van der Waals surface area contributed by atoms with Gasteiger partial charge in [0.15, 0.2) is 0 Å². The van der Waals surface area contributed by atoms with Crippen molar-refractivity contribution in [2.24, 2.45) is 5.92 Å². The molecule has 0 heterocycles. The van der Waals surface area contributed by atoms with E-state index < -0.39 is 0 Å². The normalized spacial score (nSPS) is 26.0. The zero-order chi connectivity index (χ0) is 15.2. The van der Waals surface area contributed by atoms with Gasteiger partial charge in [-0.25, -0.2) is 0 Å². The van der Waals surface area contributed by atoms with Crippen molar-refractivity contribution < 1.29 is 0 Å². The first-order chi connectivity index (χ1) is 10.1. The molecule has 3 atom stereocenters. The van der Waals surface area contributed by atoms with E-state index in [-0.39, 0.29) is 0 Å². The van der Waals surface area contributed by atoms with E-state index in [4.69, 9.17) is 23.2 Å². The molecule has 1 aliphatic rings.